The van der Waals surface area contributed by atoms with Gasteiger partial charge in [-0.1, -0.05) is 16.8 Å². The van der Waals surface area contributed by atoms with Gasteiger partial charge in [-0.3, -0.25) is 4.79 Å². The van der Waals surface area contributed by atoms with Gasteiger partial charge in [0, 0.05) is 19.7 Å². The number of H-pyrrole nitrogens is 1. The van der Waals surface area contributed by atoms with E-state index >= 15 is 0 Å². The third-order valence-corrected chi connectivity index (χ3v) is 3.45. The van der Waals surface area contributed by atoms with Gasteiger partial charge in [-0.25, -0.2) is 0 Å². The molecule has 1 fully saturated rings. The fourth-order valence-corrected chi connectivity index (χ4v) is 2.54. The number of carbonyl (C=O) groups is 1. The molecule has 2 aromatic rings. The number of carbonyl (C=O) groups excluding carboxylic acids is 1. The van der Waals surface area contributed by atoms with Crippen molar-refractivity contribution in [3.8, 4) is 0 Å². The van der Waals surface area contributed by atoms with Crippen molar-refractivity contribution >= 4 is 17.5 Å². The molecule has 1 saturated heterocycles. The fourth-order valence-electron chi connectivity index (χ4n) is 2.37. The normalized spacial score (nSPS) is 19.1. The van der Waals surface area contributed by atoms with Crippen LogP contribution in [0.15, 0.2) is 16.8 Å². The van der Waals surface area contributed by atoms with Crippen molar-refractivity contribution in [2.24, 2.45) is 0 Å². The molecule has 7 heteroatoms. The van der Waals surface area contributed by atoms with E-state index in [-0.39, 0.29) is 11.9 Å². The number of amides is 1. The second kappa shape index (κ2) is 4.70. The standard InChI is InChI=1S/C12H13ClN4O2/c1-7-15-11(16-19-7)10-3-2-4-17(10)12(18)9-5-8(13)6-14-9/h5-6,10,14H,2-4H2,1H3/t10-/m1/s1. The molecular weight excluding hydrogens is 268 g/mol. The molecule has 1 atom stereocenters. The van der Waals surface area contributed by atoms with Crippen molar-refractivity contribution in [3.63, 3.8) is 0 Å². The largest absolute Gasteiger partial charge is 0.356 e. The summed E-state index contributed by atoms with van der Waals surface area (Å²) in [4.78, 5) is 21.2. The molecule has 1 amide bonds. The molecule has 3 rings (SSSR count). The zero-order valence-electron chi connectivity index (χ0n) is 10.4. The van der Waals surface area contributed by atoms with Gasteiger partial charge in [0.05, 0.1) is 11.1 Å². The third kappa shape index (κ3) is 2.23. The highest BCUT2D eigenvalue weighted by Gasteiger charge is 2.34. The number of rotatable bonds is 2. The van der Waals surface area contributed by atoms with Crippen molar-refractivity contribution in [1.29, 1.82) is 0 Å². The summed E-state index contributed by atoms with van der Waals surface area (Å²) in [6.45, 7) is 2.43. The molecule has 0 bridgehead atoms. The minimum absolute atomic E-state index is 0.0862. The van der Waals surface area contributed by atoms with Crippen LogP contribution in [0.3, 0.4) is 0 Å². The van der Waals surface area contributed by atoms with E-state index in [1.807, 2.05) is 0 Å². The summed E-state index contributed by atoms with van der Waals surface area (Å²) in [6.07, 6.45) is 3.37. The molecule has 0 aromatic carbocycles. The molecule has 3 heterocycles. The van der Waals surface area contributed by atoms with Crippen LogP contribution in [0.5, 0.6) is 0 Å². The van der Waals surface area contributed by atoms with Crippen molar-refractivity contribution < 1.29 is 9.32 Å². The van der Waals surface area contributed by atoms with Crippen LogP contribution in [-0.2, 0) is 0 Å². The number of nitrogens with zero attached hydrogens (tertiary/aromatic N) is 3. The molecule has 0 saturated carbocycles. The van der Waals surface area contributed by atoms with Crippen LogP contribution in [-0.4, -0.2) is 32.5 Å². The maximum absolute atomic E-state index is 12.4. The van der Waals surface area contributed by atoms with Crippen molar-refractivity contribution in [2.75, 3.05) is 6.54 Å². The molecule has 1 aliphatic rings. The minimum atomic E-state index is -0.118. The van der Waals surface area contributed by atoms with Gasteiger partial charge in [0.25, 0.3) is 5.91 Å². The zero-order chi connectivity index (χ0) is 13.4. The molecule has 2 aromatic heterocycles. The van der Waals surface area contributed by atoms with Crippen LogP contribution in [0, 0.1) is 6.92 Å². The van der Waals surface area contributed by atoms with Gasteiger partial charge in [-0.2, -0.15) is 4.98 Å². The SMILES string of the molecule is Cc1nc([C@H]2CCCN2C(=O)c2cc(Cl)c[nH]2)no1. The van der Waals surface area contributed by atoms with Crippen LogP contribution in [0.1, 0.15) is 41.1 Å². The number of hydrogen-bond acceptors (Lipinski definition) is 4. The Labute approximate surface area is 114 Å². The third-order valence-electron chi connectivity index (χ3n) is 3.23. The summed E-state index contributed by atoms with van der Waals surface area (Å²) in [6, 6.07) is 1.51. The van der Waals surface area contributed by atoms with E-state index in [4.69, 9.17) is 16.1 Å². The Morgan fingerprint density at radius 2 is 2.47 bits per heavy atom. The molecule has 0 aliphatic carbocycles. The van der Waals surface area contributed by atoms with E-state index in [1.54, 1.807) is 24.1 Å². The van der Waals surface area contributed by atoms with Crippen LogP contribution < -0.4 is 0 Å². The van der Waals surface area contributed by atoms with E-state index in [0.29, 0.717) is 29.0 Å². The maximum Gasteiger partial charge on any atom is 0.270 e. The lowest BCUT2D eigenvalue weighted by atomic mass is 10.2. The summed E-state index contributed by atoms with van der Waals surface area (Å²) in [7, 11) is 0. The summed E-state index contributed by atoms with van der Waals surface area (Å²) >= 11 is 5.83. The van der Waals surface area contributed by atoms with Crippen molar-refractivity contribution in [3.05, 3.63) is 34.7 Å². The topological polar surface area (TPSA) is 75.0 Å². The van der Waals surface area contributed by atoms with Crippen LogP contribution >= 0.6 is 11.6 Å². The molecule has 6 nitrogen and oxygen atoms in total. The van der Waals surface area contributed by atoms with Crippen LogP contribution in [0.4, 0.5) is 0 Å². The Bertz CT molecular complexity index is 606. The van der Waals surface area contributed by atoms with Crippen molar-refractivity contribution in [1.82, 2.24) is 20.0 Å². The van der Waals surface area contributed by atoms with Crippen LogP contribution in [0.25, 0.3) is 0 Å². The Hall–Kier alpha value is -1.82. The smallest absolute Gasteiger partial charge is 0.270 e. The monoisotopic (exact) mass is 280 g/mol. The fraction of sp³-hybridized carbons (Fsp3) is 0.417. The number of aromatic nitrogens is 3. The predicted octanol–water partition coefficient (Wildman–Crippen LogP) is 2.34. The highest BCUT2D eigenvalue weighted by molar-refractivity contribution is 6.30. The van der Waals surface area contributed by atoms with E-state index < -0.39 is 0 Å². The second-order valence-electron chi connectivity index (χ2n) is 4.56. The van der Waals surface area contributed by atoms with Gasteiger partial charge < -0.3 is 14.4 Å². The first-order valence-corrected chi connectivity index (χ1v) is 6.48. The van der Waals surface area contributed by atoms with E-state index in [0.717, 1.165) is 12.8 Å². The number of likely N-dealkylation sites (tertiary alicyclic amines) is 1. The second-order valence-corrected chi connectivity index (χ2v) is 5.00. The quantitative estimate of drug-likeness (QED) is 0.916. The Morgan fingerprint density at radius 3 is 3.11 bits per heavy atom. The number of hydrogen-bond donors (Lipinski definition) is 1. The van der Waals surface area contributed by atoms with E-state index in [9.17, 15) is 4.79 Å². The molecule has 0 radical (unpaired) electrons. The molecule has 0 unspecified atom stereocenters. The van der Waals surface area contributed by atoms with E-state index in [2.05, 4.69) is 15.1 Å². The predicted molar refractivity (Wildman–Crippen MR) is 67.8 cm³/mol. The minimum Gasteiger partial charge on any atom is -0.356 e. The number of halogens is 1. The van der Waals surface area contributed by atoms with Crippen molar-refractivity contribution in [2.45, 2.75) is 25.8 Å². The summed E-state index contributed by atoms with van der Waals surface area (Å²) in [5.41, 5.74) is 0.483. The van der Waals surface area contributed by atoms with Gasteiger partial charge in [0.15, 0.2) is 5.82 Å². The first kappa shape index (κ1) is 12.2. The Balaban J connectivity index is 1.85. The summed E-state index contributed by atoms with van der Waals surface area (Å²) < 4.78 is 4.99. The highest BCUT2D eigenvalue weighted by Crippen LogP contribution is 2.31. The zero-order valence-corrected chi connectivity index (χ0v) is 11.1. The van der Waals surface area contributed by atoms with Gasteiger partial charge in [-0.15, -0.1) is 0 Å². The lowest BCUT2D eigenvalue weighted by molar-refractivity contribution is 0.0723. The van der Waals surface area contributed by atoms with Gasteiger partial charge in [0.2, 0.25) is 5.89 Å². The van der Waals surface area contributed by atoms with Gasteiger partial charge in [-0.05, 0) is 18.9 Å². The number of nitrogens with one attached hydrogen (secondary N) is 1. The average molecular weight is 281 g/mol. The summed E-state index contributed by atoms with van der Waals surface area (Å²) in [5, 5.41) is 4.44. The Kier molecular flexibility index (Phi) is 3.02. The lowest BCUT2D eigenvalue weighted by Gasteiger charge is -2.21. The van der Waals surface area contributed by atoms with Gasteiger partial charge >= 0.3 is 0 Å². The maximum atomic E-state index is 12.4. The number of aryl methyl sites for hydroxylation is 1. The molecule has 1 aliphatic heterocycles. The highest BCUT2D eigenvalue weighted by atomic mass is 35.5. The Morgan fingerprint density at radius 1 is 1.63 bits per heavy atom. The first-order chi connectivity index (χ1) is 9.15. The molecular formula is C12H13ClN4O2. The van der Waals surface area contributed by atoms with E-state index in [1.165, 1.54) is 0 Å². The molecule has 19 heavy (non-hydrogen) atoms. The number of aromatic amines is 1. The molecule has 100 valence electrons. The first-order valence-electron chi connectivity index (χ1n) is 6.10. The molecule has 0 spiro atoms. The average Bonchev–Trinajstić information content (AvgIpc) is 3.07. The lowest BCUT2D eigenvalue weighted by Crippen LogP contribution is -2.31. The van der Waals surface area contributed by atoms with Gasteiger partial charge in [0.1, 0.15) is 5.69 Å². The van der Waals surface area contributed by atoms with Crippen LogP contribution in [0.2, 0.25) is 5.02 Å². The summed E-state index contributed by atoms with van der Waals surface area (Å²) in [5.74, 6) is 0.995. The molecule has 1 N–H and O–H groups in total.